The fourth-order valence-corrected chi connectivity index (χ4v) is 2.42. The number of carbonyl (C=O) groups is 1. The van der Waals surface area contributed by atoms with Gasteiger partial charge in [0.05, 0.1) is 12.4 Å². The summed E-state index contributed by atoms with van der Waals surface area (Å²) in [5, 5.41) is 2.54. The molecule has 16 heavy (non-hydrogen) atoms. The minimum atomic E-state index is -3.34. The zero-order valence-electron chi connectivity index (χ0n) is 9.73. The number of nitrogens with two attached hydrogens (primary N) is 1. The summed E-state index contributed by atoms with van der Waals surface area (Å²) in [6.45, 7) is 2.41. The molecule has 0 spiro atoms. The summed E-state index contributed by atoms with van der Waals surface area (Å²) >= 11 is 0. The summed E-state index contributed by atoms with van der Waals surface area (Å²) < 4.78 is 27.6. The van der Waals surface area contributed by atoms with Crippen molar-refractivity contribution in [2.45, 2.75) is 19.4 Å². The van der Waals surface area contributed by atoms with Crippen molar-refractivity contribution in [2.24, 2.45) is 5.73 Å². The van der Waals surface area contributed by atoms with E-state index in [4.69, 9.17) is 10.5 Å². The summed E-state index contributed by atoms with van der Waals surface area (Å²) in [6.07, 6.45) is 0.378. The molecule has 0 saturated heterocycles. The van der Waals surface area contributed by atoms with Crippen LogP contribution in [0, 0.1) is 0 Å². The second kappa shape index (κ2) is 7.59. The minimum absolute atomic E-state index is 0.0461. The molecule has 3 N–H and O–H groups in total. The van der Waals surface area contributed by atoms with Crippen LogP contribution in [0.1, 0.15) is 13.3 Å². The maximum absolute atomic E-state index is 11.4. The Morgan fingerprint density at radius 2 is 2.12 bits per heavy atom. The molecule has 0 bridgehead atoms. The third-order valence-electron chi connectivity index (χ3n) is 1.83. The van der Waals surface area contributed by atoms with Crippen molar-refractivity contribution >= 4 is 15.7 Å². The Balaban J connectivity index is 4.03. The summed E-state index contributed by atoms with van der Waals surface area (Å²) in [5.74, 6) is -1.03. The van der Waals surface area contributed by atoms with Gasteiger partial charge in [-0.05, 0) is 19.9 Å². The number of methoxy groups -OCH3 is 1. The third kappa shape index (κ3) is 7.61. The van der Waals surface area contributed by atoms with E-state index in [1.165, 1.54) is 7.11 Å². The van der Waals surface area contributed by atoms with E-state index in [0.29, 0.717) is 19.6 Å². The standard InChI is InChI=1S/C9H20N2O4S/c1-8(6-15-2)11-9(12)7-16(13,14)5-3-4-10/h8H,3-7,10H2,1-2H3,(H,11,12). The van der Waals surface area contributed by atoms with Crippen LogP contribution >= 0.6 is 0 Å². The Hall–Kier alpha value is -0.660. The monoisotopic (exact) mass is 252 g/mol. The first-order chi connectivity index (χ1) is 7.41. The van der Waals surface area contributed by atoms with Crippen molar-refractivity contribution in [3.05, 3.63) is 0 Å². The van der Waals surface area contributed by atoms with Crippen molar-refractivity contribution in [3.63, 3.8) is 0 Å². The summed E-state index contributed by atoms with van der Waals surface area (Å²) in [5.41, 5.74) is 5.21. The Morgan fingerprint density at radius 3 is 2.62 bits per heavy atom. The summed E-state index contributed by atoms with van der Waals surface area (Å²) in [6, 6.07) is -0.192. The third-order valence-corrected chi connectivity index (χ3v) is 3.45. The van der Waals surface area contributed by atoms with Gasteiger partial charge in [-0.25, -0.2) is 8.42 Å². The molecule has 0 aliphatic carbocycles. The predicted octanol–water partition coefficient (Wildman–Crippen LogP) is -1.10. The van der Waals surface area contributed by atoms with E-state index < -0.39 is 21.5 Å². The Labute approximate surface area is 96.4 Å². The van der Waals surface area contributed by atoms with E-state index in [-0.39, 0.29) is 11.8 Å². The number of hydrogen-bond acceptors (Lipinski definition) is 5. The molecule has 7 heteroatoms. The number of rotatable bonds is 8. The molecule has 0 aliphatic heterocycles. The van der Waals surface area contributed by atoms with E-state index in [1.807, 2.05) is 0 Å². The topological polar surface area (TPSA) is 98.5 Å². The van der Waals surface area contributed by atoms with Gasteiger partial charge in [-0.2, -0.15) is 0 Å². The number of hydrogen-bond donors (Lipinski definition) is 2. The number of nitrogens with one attached hydrogen (secondary N) is 1. The van der Waals surface area contributed by atoms with Crippen LogP contribution in [0.4, 0.5) is 0 Å². The molecule has 0 aliphatic rings. The lowest BCUT2D eigenvalue weighted by Crippen LogP contribution is -2.39. The average Bonchev–Trinajstić information content (AvgIpc) is 2.13. The van der Waals surface area contributed by atoms with Gasteiger partial charge >= 0.3 is 0 Å². The molecule has 1 amide bonds. The zero-order chi connectivity index (χ0) is 12.6. The SMILES string of the molecule is COCC(C)NC(=O)CS(=O)(=O)CCCN. The van der Waals surface area contributed by atoms with E-state index in [0.717, 1.165) is 0 Å². The number of sulfone groups is 1. The van der Waals surface area contributed by atoms with Gasteiger partial charge in [0.1, 0.15) is 5.75 Å². The van der Waals surface area contributed by atoms with Crippen LogP contribution in [-0.2, 0) is 19.4 Å². The molecule has 0 heterocycles. The van der Waals surface area contributed by atoms with Crippen molar-refractivity contribution in [1.29, 1.82) is 0 Å². The molecule has 0 saturated carbocycles. The molecule has 1 atom stereocenters. The van der Waals surface area contributed by atoms with Gasteiger partial charge in [-0.1, -0.05) is 0 Å². The highest BCUT2D eigenvalue weighted by Crippen LogP contribution is 1.94. The van der Waals surface area contributed by atoms with Crippen molar-refractivity contribution in [3.8, 4) is 0 Å². The van der Waals surface area contributed by atoms with Crippen LogP contribution in [0.25, 0.3) is 0 Å². The van der Waals surface area contributed by atoms with E-state index >= 15 is 0 Å². The normalized spacial score (nSPS) is 13.4. The quantitative estimate of drug-likeness (QED) is 0.571. The average molecular weight is 252 g/mol. The molecule has 0 aromatic rings. The second-order valence-electron chi connectivity index (χ2n) is 3.66. The van der Waals surface area contributed by atoms with Crippen LogP contribution in [0.15, 0.2) is 0 Å². The van der Waals surface area contributed by atoms with Gasteiger partial charge < -0.3 is 15.8 Å². The minimum Gasteiger partial charge on any atom is -0.383 e. The van der Waals surface area contributed by atoms with Crippen LogP contribution in [0.5, 0.6) is 0 Å². The van der Waals surface area contributed by atoms with Crippen LogP contribution in [-0.4, -0.2) is 52.1 Å². The molecule has 0 aromatic heterocycles. The van der Waals surface area contributed by atoms with Crippen molar-refractivity contribution in [1.82, 2.24) is 5.32 Å². The second-order valence-corrected chi connectivity index (χ2v) is 5.84. The number of amides is 1. The lowest BCUT2D eigenvalue weighted by atomic mass is 10.3. The highest BCUT2D eigenvalue weighted by atomic mass is 32.2. The van der Waals surface area contributed by atoms with Crippen LogP contribution in [0.2, 0.25) is 0 Å². The lowest BCUT2D eigenvalue weighted by Gasteiger charge is -2.12. The van der Waals surface area contributed by atoms with E-state index in [2.05, 4.69) is 5.32 Å². The Morgan fingerprint density at radius 1 is 1.50 bits per heavy atom. The van der Waals surface area contributed by atoms with Gasteiger partial charge in [0, 0.05) is 13.2 Å². The Bertz CT molecular complexity index is 303. The number of carbonyl (C=O) groups excluding carboxylic acids is 1. The van der Waals surface area contributed by atoms with Gasteiger partial charge in [0.15, 0.2) is 9.84 Å². The largest absolute Gasteiger partial charge is 0.383 e. The fourth-order valence-electron chi connectivity index (χ4n) is 1.18. The van der Waals surface area contributed by atoms with Gasteiger partial charge in [0.2, 0.25) is 5.91 Å². The molecule has 96 valence electrons. The molecule has 0 radical (unpaired) electrons. The Kier molecular flexibility index (Phi) is 7.27. The first-order valence-corrected chi connectivity index (χ1v) is 6.92. The number of ether oxygens (including phenoxy) is 1. The van der Waals surface area contributed by atoms with Gasteiger partial charge in [0.25, 0.3) is 0 Å². The van der Waals surface area contributed by atoms with E-state index in [1.54, 1.807) is 6.92 Å². The molecule has 6 nitrogen and oxygen atoms in total. The molecule has 0 rings (SSSR count). The highest BCUT2D eigenvalue weighted by molar-refractivity contribution is 7.92. The van der Waals surface area contributed by atoms with Crippen LogP contribution < -0.4 is 11.1 Å². The summed E-state index contributed by atoms with van der Waals surface area (Å²) in [7, 11) is -1.82. The molecular formula is C9H20N2O4S. The fraction of sp³-hybridized carbons (Fsp3) is 0.889. The van der Waals surface area contributed by atoms with Crippen LogP contribution in [0.3, 0.4) is 0 Å². The first kappa shape index (κ1) is 15.3. The summed E-state index contributed by atoms with van der Waals surface area (Å²) in [4.78, 5) is 11.3. The maximum atomic E-state index is 11.4. The van der Waals surface area contributed by atoms with Crippen molar-refractivity contribution < 1.29 is 17.9 Å². The highest BCUT2D eigenvalue weighted by Gasteiger charge is 2.17. The zero-order valence-corrected chi connectivity index (χ0v) is 10.5. The lowest BCUT2D eigenvalue weighted by molar-refractivity contribution is -0.119. The molecule has 0 aromatic carbocycles. The van der Waals surface area contributed by atoms with Crippen molar-refractivity contribution in [2.75, 3.05) is 31.8 Å². The smallest absolute Gasteiger partial charge is 0.235 e. The molecule has 1 unspecified atom stereocenters. The van der Waals surface area contributed by atoms with Gasteiger partial charge in [-0.3, -0.25) is 4.79 Å². The molecule has 0 fully saturated rings. The molecular weight excluding hydrogens is 232 g/mol. The first-order valence-electron chi connectivity index (χ1n) is 5.10. The predicted molar refractivity (Wildman–Crippen MR) is 61.8 cm³/mol. The maximum Gasteiger partial charge on any atom is 0.235 e. The van der Waals surface area contributed by atoms with E-state index in [9.17, 15) is 13.2 Å². The van der Waals surface area contributed by atoms with Gasteiger partial charge in [-0.15, -0.1) is 0 Å².